The molecule has 0 aromatic heterocycles. The highest BCUT2D eigenvalue weighted by Gasteiger charge is 2.19. The van der Waals surface area contributed by atoms with Gasteiger partial charge in [0, 0.05) is 19.7 Å². The van der Waals surface area contributed by atoms with Gasteiger partial charge in [-0.25, -0.2) is 17.6 Å². The van der Waals surface area contributed by atoms with Crippen LogP contribution in [0.5, 0.6) is 0 Å². The SMILES string of the molecule is CNc1c(F)cc(C(=O)N(C)CC(F)F)cc1F. The van der Waals surface area contributed by atoms with Crippen molar-refractivity contribution in [3.63, 3.8) is 0 Å². The zero-order chi connectivity index (χ0) is 13.9. The van der Waals surface area contributed by atoms with Crippen molar-refractivity contribution in [3.05, 3.63) is 29.3 Å². The molecule has 18 heavy (non-hydrogen) atoms. The number of rotatable bonds is 4. The summed E-state index contributed by atoms with van der Waals surface area (Å²) in [6, 6.07) is 1.61. The van der Waals surface area contributed by atoms with E-state index in [0.717, 1.165) is 19.2 Å². The molecule has 0 saturated heterocycles. The number of nitrogens with zero attached hydrogens (tertiary/aromatic N) is 1. The standard InChI is InChI=1S/C11H12F4N2O/c1-16-10-7(12)3-6(4-8(10)13)11(18)17(2)5-9(14)15/h3-4,9,16H,5H2,1-2H3. The molecule has 100 valence electrons. The van der Waals surface area contributed by atoms with Crippen molar-refractivity contribution >= 4 is 11.6 Å². The van der Waals surface area contributed by atoms with Crippen LogP contribution in [0.4, 0.5) is 23.2 Å². The Bertz CT molecular complexity index is 428. The molecule has 3 nitrogen and oxygen atoms in total. The number of alkyl halides is 2. The Morgan fingerprint density at radius 3 is 2.22 bits per heavy atom. The number of amides is 1. The Morgan fingerprint density at radius 2 is 1.83 bits per heavy atom. The molecule has 1 aromatic carbocycles. The van der Waals surface area contributed by atoms with Crippen LogP contribution in [0.1, 0.15) is 10.4 Å². The van der Waals surface area contributed by atoms with Gasteiger partial charge in [-0.2, -0.15) is 0 Å². The Kier molecular flexibility index (Phi) is 4.52. The summed E-state index contributed by atoms with van der Waals surface area (Å²) in [6.45, 7) is -0.796. The van der Waals surface area contributed by atoms with Crippen LogP contribution >= 0.6 is 0 Å². The molecule has 7 heteroatoms. The van der Waals surface area contributed by atoms with Crippen molar-refractivity contribution < 1.29 is 22.4 Å². The molecule has 0 fully saturated rings. The molecule has 1 rings (SSSR count). The average Bonchev–Trinajstić information content (AvgIpc) is 2.26. The summed E-state index contributed by atoms with van der Waals surface area (Å²) in [7, 11) is 2.46. The summed E-state index contributed by atoms with van der Waals surface area (Å²) in [5, 5.41) is 2.30. The molecular formula is C11H12F4N2O. The number of hydrogen-bond donors (Lipinski definition) is 1. The van der Waals surface area contributed by atoms with E-state index in [0.29, 0.717) is 4.90 Å². The van der Waals surface area contributed by atoms with E-state index < -0.39 is 30.5 Å². The maximum Gasteiger partial charge on any atom is 0.255 e. The van der Waals surface area contributed by atoms with Gasteiger partial charge in [0.2, 0.25) is 0 Å². The van der Waals surface area contributed by atoms with Gasteiger partial charge in [-0.05, 0) is 12.1 Å². The zero-order valence-corrected chi connectivity index (χ0v) is 9.81. The van der Waals surface area contributed by atoms with Crippen LogP contribution in [-0.4, -0.2) is 37.9 Å². The minimum absolute atomic E-state index is 0.313. The highest BCUT2D eigenvalue weighted by molar-refractivity contribution is 5.94. The smallest absolute Gasteiger partial charge is 0.255 e. The lowest BCUT2D eigenvalue weighted by Crippen LogP contribution is -2.31. The lowest BCUT2D eigenvalue weighted by molar-refractivity contribution is 0.0619. The number of anilines is 1. The van der Waals surface area contributed by atoms with Crippen molar-refractivity contribution in [2.24, 2.45) is 0 Å². The molecule has 0 saturated carbocycles. The first-order chi connectivity index (χ1) is 8.36. The molecular weight excluding hydrogens is 252 g/mol. The molecule has 1 aromatic rings. The highest BCUT2D eigenvalue weighted by atomic mass is 19.3. The van der Waals surface area contributed by atoms with Gasteiger partial charge >= 0.3 is 0 Å². The maximum absolute atomic E-state index is 13.4. The van der Waals surface area contributed by atoms with Gasteiger partial charge in [-0.15, -0.1) is 0 Å². The lowest BCUT2D eigenvalue weighted by atomic mass is 10.1. The van der Waals surface area contributed by atoms with Gasteiger partial charge in [0.05, 0.1) is 6.54 Å². The third-order valence-corrected chi connectivity index (χ3v) is 2.30. The normalized spacial score (nSPS) is 10.6. The summed E-state index contributed by atoms with van der Waals surface area (Å²) in [6.07, 6.45) is -2.70. The fraction of sp³-hybridized carbons (Fsp3) is 0.364. The second kappa shape index (κ2) is 5.70. The predicted octanol–water partition coefficient (Wildman–Crippen LogP) is 2.34. The second-order valence-electron chi connectivity index (χ2n) is 3.64. The largest absolute Gasteiger partial charge is 0.383 e. The van der Waals surface area contributed by atoms with E-state index in [-0.39, 0.29) is 11.3 Å². The summed E-state index contributed by atoms with van der Waals surface area (Å²) >= 11 is 0. The lowest BCUT2D eigenvalue weighted by Gasteiger charge is -2.17. The quantitative estimate of drug-likeness (QED) is 0.847. The third-order valence-electron chi connectivity index (χ3n) is 2.30. The van der Waals surface area contributed by atoms with Crippen LogP contribution in [0.25, 0.3) is 0 Å². The van der Waals surface area contributed by atoms with E-state index >= 15 is 0 Å². The molecule has 0 heterocycles. The van der Waals surface area contributed by atoms with Crippen molar-refractivity contribution in [2.75, 3.05) is 26.0 Å². The number of halogens is 4. The minimum Gasteiger partial charge on any atom is -0.383 e. The summed E-state index contributed by atoms with van der Waals surface area (Å²) < 4.78 is 50.9. The first-order valence-electron chi connectivity index (χ1n) is 5.07. The fourth-order valence-electron chi connectivity index (χ4n) is 1.45. The van der Waals surface area contributed by atoms with Crippen LogP contribution in [0.2, 0.25) is 0 Å². The van der Waals surface area contributed by atoms with Gasteiger partial charge in [-0.3, -0.25) is 4.79 Å². The topological polar surface area (TPSA) is 32.3 Å². The molecule has 0 spiro atoms. The van der Waals surface area contributed by atoms with Gasteiger partial charge in [-0.1, -0.05) is 0 Å². The predicted molar refractivity (Wildman–Crippen MR) is 58.9 cm³/mol. The highest BCUT2D eigenvalue weighted by Crippen LogP contribution is 2.21. The van der Waals surface area contributed by atoms with Crippen molar-refractivity contribution in [1.82, 2.24) is 4.90 Å². The number of benzene rings is 1. The summed E-state index contributed by atoms with van der Waals surface area (Å²) in [4.78, 5) is 12.3. The molecule has 1 N–H and O–H groups in total. The van der Waals surface area contributed by atoms with Crippen LogP contribution in [-0.2, 0) is 0 Å². The molecule has 0 atom stereocenters. The Hall–Kier alpha value is -1.79. The van der Waals surface area contributed by atoms with E-state index in [4.69, 9.17) is 0 Å². The van der Waals surface area contributed by atoms with Crippen LogP contribution < -0.4 is 5.32 Å². The number of hydrogen-bond acceptors (Lipinski definition) is 2. The third kappa shape index (κ3) is 3.12. The van der Waals surface area contributed by atoms with Crippen molar-refractivity contribution in [2.45, 2.75) is 6.43 Å². The number of carbonyl (C=O) groups excluding carboxylic acids is 1. The molecule has 0 unspecified atom stereocenters. The van der Waals surface area contributed by atoms with E-state index in [1.165, 1.54) is 7.05 Å². The molecule has 1 amide bonds. The second-order valence-corrected chi connectivity index (χ2v) is 3.64. The Morgan fingerprint density at radius 1 is 1.33 bits per heavy atom. The van der Waals surface area contributed by atoms with Crippen LogP contribution in [0, 0.1) is 11.6 Å². The molecule has 0 bridgehead atoms. The van der Waals surface area contributed by atoms with Gasteiger partial charge in [0.15, 0.2) is 0 Å². The summed E-state index contributed by atoms with van der Waals surface area (Å²) in [5.74, 6) is -2.77. The van der Waals surface area contributed by atoms with Crippen molar-refractivity contribution in [3.8, 4) is 0 Å². The molecule has 0 aliphatic carbocycles. The van der Waals surface area contributed by atoms with Gasteiger partial charge < -0.3 is 10.2 Å². The first kappa shape index (κ1) is 14.3. The summed E-state index contributed by atoms with van der Waals surface area (Å²) in [5.41, 5.74) is -0.685. The van der Waals surface area contributed by atoms with Crippen LogP contribution in [0.3, 0.4) is 0 Å². The van der Waals surface area contributed by atoms with Gasteiger partial charge in [0.1, 0.15) is 17.3 Å². The number of carbonyl (C=O) groups is 1. The van der Waals surface area contributed by atoms with E-state index in [9.17, 15) is 22.4 Å². The monoisotopic (exact) mass is 264 g/mol. The fourth-order valence-corrected chi connectivity index (χ4v) is 1.45. The first-order valence-corrected chi connectivity index (χ1v) is 5.07. The maximum atomic E-state index is 13.4. The molecule has 0 aliphatic heterocycles. The van der Waals surface area contributed by atoms with Gasteiger partial charge in [0.25, 0.3) is 12.3 Å². The number of nitrogens with one attached hydrogen (secondary N) is 1. The Balaban J connectivity index is 3.00. The Labute approximate surface area is 101 Å². The average molecular weight is 264 g/mol. The molecule has 0 radical (unpaired) electrons. The van der Waals surface area contributed by atoms with Crippen molar-refractivity contribution in [1.29, 1.82) is 0 Å². The zero-order valence-electron chi connectivity index (χ0n) is 9.81. The van der Waals surface area contributed by atoms with E-state index in [2.05, 4.69) is 5.32 Å². The van der Waals surface area contributed by atoms with E-state index in [1.54, 1.807) is 0 Å². The van der Waals surface area contributed by atoms with E-state index in [1.807, 2.05) is 0 Å². The minimum atomic E-state index is -2.70. The van der Waals surface area contributed by atoms with Crippen LogP contribution in [0.15, 0.2) is 12.1 Å². The molecule has 0 aliphatic rings.